The number of nitrogens with zero attached hydrogens (tertiary/aromatic N) is 1. The minimum Gasteiger partial charge on any atom is -1.00 e. The Labute approximate surface area is 293 Å². The van der Waals surface area contributed by atoms with E-state index in [9.17, 15) is 0 Å². The second-order valence-corrected chi connectivity index (χ2v) is 19.0. The summed E-state index contributed by atoms with van der Waals surface area (Å²) in [7, 11) is -1.19. The topological polar surface area (TPSA) is 4.93 Å². The molecule has 1 aromatic heterocycles. The molecular formula is C39H44Cl2NSiZr. The number of rotatable bonds is 7. The maximum atomic E-state index is 2.52. The Morgan fingerprint density at radius 1 is 0.795 bits per heavy atom. The Balaban J connectivity index is 0.000000195. The largest absolute Gasteiger partial charge is 1.00 e. The Hall–Kier alpha value is -1.90. The summed E-state index contributed by atoms with van der Waals surface area (Å²) in [5.41, 5.74) is 16.9. The Kier molecular flexibility index (Phi) is 11.3. The third-order valence-electron chi connectivity index (χ3n) is 9.84. The average Bonchev–Trinajstić information content (AvgIpc) is 3.64. The minimum atomic E-state index is -1.19. The zero-order valence-corrected chi connectivity index (χ0v) is 31.9. The van der Waals surface area contributed by atoms with Crippen molar-refractivity contribution >= 4 is 19.3 Å². The smallest absolute Gasteiger partial charge is 1.00 e. The van der Waals surface area contributed by atoms with Gasteiger partial charge in [-0.2, -0.15) is 0 Å². The molecule has 0 spiro atoms. The van der Waals surface area contributed by atoms with E-state index in [-0.39, 0.29) is 24.8 Å². The number of benzene rings is 3. The van der Waals surface area contributed by atoms with E-state index in [0.717, 1.165) is 5.54 Å². The van der Waals surface area contributed by atoms with E-state index >= 15 is 0 Å². The van der Waals surface area contributed by atoms with Gasteiger partial charge in [-0.25, -0.2) is 0 Å². The molecule has 2 atom stereocenters. The summed E-state index contributed by atoms with van der Waals surface area (Å²) >= 11 is 1.59. The quantitative estimate of drug-likeness (QED) is 0.189. The van der Waals surface area contributed by atoms with Gasteiger partial charge in [0.05, 0.1) is 8.07 Å². The first kappa shape index (κ1) is 35.0. The minimum absolute atomic E-state index is 0. The van der Waals surface area contributed by atoms with Crippen LogP contribution in [0.1, 0.15) is 89.3 Å². The molecule has 3 aromatic carbocycles. The van der Waals surface area contributed by atoms with Gasteiger partial charge in [0.2, 0.25) is 0 Å². The van der Waals surface area contributed by atoms with Crippen molar-refractivity contribution < 1.29 is 49.5 Å². The normalized spacial score (nSPS) is 18.2. The number of halogens is 2. The van der Waals surface area contributed by atoms with Gasteiger partial charge < -0.3 is 29.4 Å². The molecule has 5 heteroatoms. The number of allylic oxidation sites excluding steroid dienone is 2. The van der Waals surface area contributed by atoms with Crippen molar-refractivity contribution in [2.75, 3.05) is 0 Å². The average molecular weight is 717 g/mol. The summed E-state index contributed by atoms with van der Waals surface area (Å²) in [5, 5.41) is 1.73. The number of fused-ring (bicyclic) bond motifs is 1. The molecule has 0 amide bonds. The van der Waals surface area contributed by atoms with Gasteiger partial charge >= 0.3 is 143 Å². The van der Waals surface area contributed by atoms with E-state index in [1.165, 1.54) is 76.9 Å². The Morgan fingerprint density at radius 3 is 2.16 bits per heavy atom. The molecule has 2 aliphatic heterocycles. The first-order chi connectivity index (χ1) is 20.2. The number of hydrogen-bond donors (Lipinski definition) is 0. The van der Waals surface area contributed by atoms with E-state index in [2.05, 4.69) is 130 Å². The third-order valence-corrected chi connectivity index (χ3v) is 15.8. The fraction of sp³-hybridized carbons (Fsp3) is 0.333. The zero-order chi connectivity index (χ0) is 29.6. The van der Waals surface area contributed by atoms with E-state index in [0.29, 0.717) is 3.63 Å². The van der Waals surface area contributed by atoms with Crippen LogP contribution in [0.15, 0.2) is 90.0 Å². The van der Waals surface area contributed by atoms with Crippen LogP contribution >= 0.6 is 0 Å². The second-order valence-electron chi connectivity index (χ2n) is 13.1. The van der Waals surface area contributed by atoms with Crippen molar-refractivity contribution in [1.82, 2.24) is 4.57 Å². The van der Waals surface area contributed by atoms with Crippen LogP contribution in [0.25, 0.3) is 28.1 Å². The predicted octanol–water partition coefficient (Wildman–Crippen LogP) is 4.95. The maximum Gasteiger partial charge on any atom is -1.00 e. The van der Waals surface area contributed by atoms with Crippen molar-refractivity contribution in [3.63, 3.8) is 0 Å². The van der Waals surface area contributed by atoms with E-state index in [1.54, 1.807) is 46.7 Å². The molecule has 0 radical (unpaired) electrons. The van der Waals surface area contributed by atoms with Crippen LogP contribution in [0.2, 0.25) is 13.1 Å². The summed E-state index contributed by atoms with van der Waals surface area (Å²) in [5.74, 6) is 0. The molecule has 4 aliphatic rings. The van der Waals surface area contributed by atoms with Crippen LogP contribution in [-0.4, -0.2) is 12.6 Å². The molecule has 2 unspecified atom stereocenters. The first-order valence-corrected chi connectivity index (χ1v) is 20.3. The van der Waals surface area contributed by atoms with Crippen molar-refractivity contribution in [3.8, 4) is 16.8 Å². The first-order valence-electron chi connectivity index (χ1n) is 15.8. The zero-order valence-electron chi connectivity index (χ0n) is 27.0. The Bertz CT molecular complexity index is 1680. The monoisotopic (exact) mass is 714 g/mol. The number of hydrogen-bond acceptors (Lipinski definition) is 0. The van der Waals surface area contributed by atoms with Gasteiger partial charge in [0.25, 0.3) is 0 Å². The standard InChI is InChI=1S/C22H25.C17H19NSi.2ClH.Zr/c1-3-4-5-6-8-18-11-13-19(14-12-18)21-10-7-9-20-15-17(2)16-22(20)21;1-11-10-14-15(17-12(2)16(14)19(17,3)4)18(11)13-8-6-5-7-9-13;;;/h7,9-16H,3-6,8H2,1-2H3;5-10,17H,1-4H3;2*1H;/q;;;;+2/p-2. The SMILES string of the molecule is CC1=C2c3cc(C)n(-c4ccccc4)c3C1[Si]2(C)C.CCCCCCc1ccc(-c2cccc3c2C=C(C)[CH]3[Zr+2])cc1.[Cl-].[Cl-]. The molecular weight excluding hydrogens is 673 g/mol. The van der Waals surface area contributed by atoms with Crippen LogP contribution in [0, 0.1) is 6.92 Å². The van der Waals surface area contributed by atoms with Crippen LogP contribution in [0.3, 0.4) is 0 Å². The third kappa shape index (κ3) is 6.12. The van der Waals surface area contributed by atoms with Crippen molar-refractivity contribution in [2.45, 2.75) is 82.1 Å². The van der Waals surface area contributed by atoms with Crippen LogP contribution in [0.4, 0.5) is 0 Å². The molecule has 227 valence electrons. The summed E-state index contributed by atoms with van der Waals surface area (Å²) in [4.78, 5) is 0. The van der Waals surface area contributed by atoms with Gasteiger partial charge in [0.15, 0.2) is 0 Å². The van der Waals surface area contributed by atoms with Gasteiger partial charge in [0.1, 0.15) is 0 Å². The molecule has 3 heterocycles. The summed E-state index contributed by atoms with van der Waals surface area (Å²) in [6.07, 6.45) is 8.95. The van der Waals surface area contributed by atoms with Gasteiger partial charge in [-0.1, -0.05) is 55.4 Å². The molecule has 8 rings (SSSR count). The predicted molar refractivity (Wildman–Crippen MR) is 179 cm³/mol. The Morgan fingerprint density at radius 2 is 1.50 bits per heavy atom. The molecule has 2 bridgehead atoms. The number of aromatic nitrogens is 1. The van der Waals surface area contributed by atoms with Crippen molar-refractivity contribution in [3.05, 3.63) is 124 Å². The van der Waals surface area contributed by atoms with E-state index in [4.69, 9.17) is 0 Å². The maximum absolute atomic E-state index is 2.52. The number of para-hydroxylation sites is 1. The molecule has 0 saturated carbocycles. The van der Waals surface area contributed by atoms with E-state index < -0.39 is 8.07 Å². The molecule has 0 saturated heterocycles. The summed E-state index contributed by atoms with van der Waals surface area (Å²) < 4.78 is 3.13. The molecule has 0 fully saturated rings. The van der Waals surface area contributed by atoms with Crippen molar-refractivity contribution in [1.29, 1.82) is 0 Å². The number of aryl methyl sites for hydroxylation is 2. The molecule has 4 aromatic rings. The molecule has 0 N–H and O–H groups in total. The van der Waals surface area contributed by atoms with Gasteiger partial charge in [-0.3, -0.25) is 0 Å². The van der Waals surface area contributed by atoms with E-state index in [1.807, 2.05) is 0 Å². The second kappa shape index (κ2) is 14.3. The number of unbranched alkanes of at least 4 members (excludes halogenated alkanes) is 3. The van der Waals surface area contributed by atoms with Crippen LogP contribution in [0.5, 0.6) is 0 Å². The van der Waals surface area contributed by atoms with Crippen LogP contribution in [-0.2, 0) is 31.1 Å². The van der Waals surface area contributed by atoms with Crippen molar-refractivity contribution in [2.24, 2.45) is 0 Å². The van der Waals surface area contributed by atoms with Gasteiger partial charge in [-0.05, 0) is 37.6 Å². The molecule has 1 nitrogen and oxygen atoms in total. The fourth-order valence-electron chi connectivity index (χ4n) is 7.84. The molecule has 44 heavy (non-hydrogen) atoms. The van der Waals surface area contributed by atoms with Gasteiger partial charge in [-0.15, -0.1) is 0 Å². The molecule has 2 aliphatic carbocycles. The summed E-state index contributed by atoms with van der Waals surface area (Å²) in [6, 6.07) is 29.2. The van der Waals surface area contributed by atoms with Crippen LogP contribution < -0.4 is 24.8 Å². The summed E-state index contributed by atoms with van der Waals surface area (Å²) in [6.45, 7) is 14.1. The van der Waals surface area contributed by atoms with Gasteiger partial charge in [0, 0.05) is 22.6 Å². The fourth-order valence-corrected chi connectivity index (χ4v) is 13.0.